The van der Waals surface area contributed by atoms with Gasteiger partial charge in [0.05, 0.1) is 11.6 Å². The van der Waals surface area contributed by atoms with Crippen LogP contribution in [0.3, 0.4) is 0 Å². The van der Waals surface area contributed by atoms with Gasteiger partial charge in [0.25, 0.3) is 11.7 Å². The van der Waals surface area contributed by atoms with Crippen LogP contribution in [0.25, 0.3) is 16.7 Å². The Bertz CT molecular complexity index is 1580. The van der Waals surface area contributed by atoms with Gasteiger partial charge in [-0.2, -0.15) is 0 Å². The second-order valence-corrected chi connectivity index (χ2v) is 8.85. The maximum atomic E-state index is 13.5. The third-order valence-corrected chi connectivity index (χ3v) is 6.49. The molecule has 36 heavy (non-hydrogen) atoms. The van der Waals surface area contributed by atoms with Gasteiger partial charge in [-0.1, -0.05) is 36.4 Å². The van der Waals surface area contributed by atoms with Crippen molar-refractivity contribution in [2.75, 3.05) is 4.90 Å². The predicted molar refractivity (Wildman–Crippen MR) is 137 cm³/mol. The number of carbonyl (C=O) groups excluding carboxylic acids is 3. The van der Waals surface area contributed by atoms with Gasteiger partial charge in [0.2, 0.25) is 0 Å². The van der Waals surface area contributed by atoms with Crippen LogP contribution < -0.4 is 9.64 Å². The summed E-state index contributed by atoms with van der Waals surface area (Å²) in [7, 11) is 0. The number of aromatic amines is 1. The Hall–Kier alpha value is -4.65. The highest BCUT2D eigenvalue weighted by Crippen LogP contribution is 2.43. The molecule has 2 heterocycles. The van der Waals surface area contributed by atoms with E-state index in [4.69, 9.17) is 4.74 Å². The molecule has 1 aliphatic rings. The average molecular weight is 481 g/mol. The van der Waals surface area contributed by atoms with Gasteiger partial charge < -0.3 is 14.8 Å². The summed E-state index contributed by atoms with van der Waals surface area (Å²) >= 11 is 0. The zero-order chi connectivity index (χ0) is 25.6. The Kier molecular flexibility index (Phi) is 5.68. The SMILES string of the molecule is CC(=O)Oc1cccc(C2/C(=C(/O)c3c[nH]c4ccccc34)C(=O)C(=O)N2c2ccc(C)c(C)c2)c1. The van der Waals surface area contributed by atoms with E-state index in [9.17, 15) is 19.5 Å². The minimum atomic E-state index is -0.934. The average Bonchev–Trinajstić information content (AvgIpc) is 3.39. The van der Waals surface area contributed by atoms with Crippen molar-refractivity contribution < 1.29 is 24.2 Å². The molecule has 7 nitrogen and oxygen atoms in total. The largest absolute Gasteiger partial charge is 0.507 e. The minimum absolute atomic E-state index is 0.0389. The first kappa shape index (κ1) is 23.1. The smallest absolute Gasteiger partial charge is 0.308 e. The molecule has 0 saturated carbocycles. The molecule has 4 aromatic rings. The van der Waals surface area contributed by atoms with Crippen LogP contribution in [-0.2, 0) is 14.4 Å². The molecule has 0 spiro atoms. The molecule has 180 valence electrons. The third-order valence-electron chi connectivity index (χ3n) is 6.49. The summed E-state index contributed by atoms with van der Waals surface area (Å²) in [6.07, 6.45) is 1.62. The molecule has 5 rings (SSSR count). The van der Waals surface area contributed by atoms with Crippen molar-refractivity contribution in [3.05, 3.63) is 101 Å². The quantitative estimate of drug-likeness (QED) is 0.135. The van der Waals surface area contributed by atoms with Crippen LogP contribution >= 0.6 is 0 Å². The number of nitrogens with one attached hydrogen (secondary N) is 1. The van der Waals surface area contributed by atoms with Gasteiger partial charge in [0, 0.05) is 35.3 Å². The molecule has 1 fully saturated rings. The van der Waals surface area contributed by atoms with Crippen LogP contribution in [-0.4, -0.2) is 27.8 Å². The third kappa shape index (κ3) is 3.84. The standard InChI is InChI=1S/C29H24N2O5/c1-16-11-12-20(13-17(16)2)31-26(19-7-6-8-21(14-19)36-18(3)32)25(28(34)29(31)35)27(33)23-15-30-24-10-5-4-9-22(23)24/h4-15,26,30,33H,1-3H3/b27-25-. The molecule has 3 aromatic carbocycles. The van der Waals surface area contributed by atoms with Gasteiger partial charge in [-0.15, -0.1) is 0 Å². The number of para-hydroxylation sites is 1. The first-order valence-electron chi connectivity index (χ1n) is 11.5. The minimum Gasteiger partial charge on any atom is -0.507 e. The predicted octanol–water partition coefficient (Wildman–Crippen LogP) is 5.34. The second kappa shape index (κ2) is 8.85. The number of aromatic nitrogens is 1. The van der Waals surface area contributed by atoms with Crippen molar-refractivity contribution in [1.29, 1.82) is 0 Å². The molecule has 1 atom stereocenters. The van der Waals surface area contributed by atoms with E-state index in [1.807, 2.05) is 50.2 Å². The number of benzene rings is 3. The van der Waals surface area contributed by atoms with Gasteiger partial charge in [0.15, 0.2) is 0 Å². The monoisotopic (exact) mass is 480 g/mol. The van der Waals surface area contributed by atoms with Crippen LogP contribution in [0.1, 0.15) is 35.2 Å². The number of aliphatic hydroxyl groups is 1. The Morgan fingerprint density at radius 1 is 0.972 bits per heavy atom. The van der Waals surface area contributed by atoms with Crippen LogP contribution in [0, 0.1) is 13.8 Å². The number of esters is 1. The Labute approximate surface area is 207 Å². The lowest BCUT2D eigenvalue weighted by Crippen LogP contribution is -2.29. The number of anilines is 1. The normalized spacial score (nSPS) is 17.1. The van der Waals surface area contributed by atoms with E-state index in [0.717, 1.165) is 22.0 Å². The fraction of sp³-hybridized carbons (Fsp3) is 0.138. The lowest BCUT2D eigenvalue weighted by atomic mass is 9.94. The number of H-pyrrole nitrogens is 1. The number of nitrogens with zero attached hydrogens (tertiary/aromatic N) is 1. The molecule has 0 aliphatic carbocycles. The van der Waals surface area contributed by atoms with Crippen LogP contribution in [0.5, 0.6) is 5.75 Å². The second-order valence-electron chi connectivity index (χ2n) is 8.85. The summed E-state index contributed by atoms with van der Waals surface area (Å²) in [5.41, 5.74) is 4.22. The molecule has 7 heteroatoms. The number of aliphatic hydroxyl groups excluding tert-OH is 1. The molecule has 0 radical (unpaired) electrons. The number of aryl methyl sites for hydroxylation is 2. The van der Waals surface area contributed by atoms with Crippen LogP contribution in [0.15, 0.2) is 78.5 Å². The molecule has 1 saturated heterocycles. The highest BCUT2D eigenvalue weighted by molar-refractivity contribution is 6.51. The number of fused-ring (bicyclic) bond motifs is 1. The zero-order valence-corrected chi connectivity index (χ0v) is 20.0. The highest BCUT2D eigenvalue weighted by atomic mass is 16.5. The van der Waals surface area contributed by atoms with Gasteiger partial charge in [0.1, 0.15) is 11.5 Å². The maximum Gasteiger partial charge on any atom is 0.308 e. The first-order chi connectivity index (χ1) is 17.3. The van der Waals surface area contributed by atoms with E-state index in [-0.39, 0.29) is 17.1 Å². The number of ether oxygens (including phenoxy) is 1. The molecular formula is C29H24N2O5. The topological polar surface area (TPSA) is 99.7 Å². The van der Waals surface area contributed by atoms with E-state index in [1.54, 1.807) is 36.5 Å². The number of Topliss-reactive ketones (excluding diaryl/α,β-unsaturated/α-hetero) is 1. The summed E-state index contributed by atoms with van der Waals surface area (Å²) in [5.74, 6) is -2.03. The molecular weight excluding hydrogens is 456 g/mol. The first-order valence-corrected chi connectivity index (χ1v) is 11.5. The fourth-order valence-electron chi connectivity index (χ4n) is 4.62. The molecule has 1 aromatic heterocycles. The molecule has 1 unspecified atom stereocenters. The summed E-state index contributed by atoms with van der Waals surface area (Å²) in [6, 6.07) is 18.6. The highest BCUT2D eigenvalue weighted by Gasteiger charge is 2.47. The summed E-state index contributed by atoms with van der Waals surface area (Å²) < 4.78 is 5.26. The Balaban J connectivity index is 1.75. The lowest BCUT2D eigenvalue weighted by molar-refractivity contribution is -0.132. The molecule has 0 bridgehead atoms. The summed E-state index contributed by atoms with van der Waals surface area (Å²) in [4.78, 5) is 42.9. The molecule has 1 aliphatic heterocycles. The van der Waals surface area contributed by atoms with E-state index >= 15 is 0 Å². The Morgan fingerprint density at radius 2 is 1.75 bits per heavy atom. The van der Waals surface area contributed by atoms with Crippen LogP contribution in [0.4, 0.5) is 5.69 Å². The van der Waals surface area contributed by atoms with E-state index < -0.39 is 23.7 Å². The molecule has 2 N–H and O–H groups in total. The van der Waals surface area contributed by atoms with Crippen LogP contribution in [0.2, 0.25) is 0 Å². The number of rotatable bonds is 4. The number of hydrogen-bond donors (Lipinski definition) is 2. The van der Waals surface area contributed by atoms with Gasteiger partial charge in [-0.3, -0.25) is 19.3 Å². The maximum absolute atomic E-state index is 13.5. The van der Waals surface area contributed by atoms with E-state index in [0.29, 0.717) is 16.8 Å². The van der Waals surface area contributed by atoms with Crippen molar-refractivity contribution in [1.82, 2.24) is 4.98 Å². The van der Waals surface area contributed by atoms with Crippen molar-refractivity contribution in [3.63, 3.8) is 0 Å². The van der Waals surface area contributed by atoms with Crippen molar-refractivity contribution >= 4 is 40.0 Å². The number of carbonyl (C=O) groups is 3. The molecule has 1 amide bonds. The summed E-state index contributed by atoms with van der Waals surface area (Å²) in [6.45, 7) is 5.19. The Morgan fingerprint density at radius 3 is 2.50 bits per heavy atom. The van der Waals surface area contributed by atoms with Gasteiger partial charge >= 0.3 is 5.97 Å². The number of hydrogen-bond acceptors (Lipinski definition) is 5. The van der Waals surface area contributed by atoms with Crippen molar-refractivity contribution in [3.8, 4) is 5.75 Å². The van der Waals surface area contributed by atoms with Crippen molar-refractivity contribution in [2.24, 2.45) is 0 Å². The number of amides is 1. The zero-order valence-electron chi connectivity index (χ0n) is 20.0. The van der Waals surface area contributed by atoms with E-state index in [2.05, 4.69) is 4.98 Å². The van der Waals surface area contributed by atoms with Crippen molar-refractivity contribution in [2.45, 2.75) is 26.8 Å². The van der Waals surface area contributed by atoms with Gasteiger partial charge in [-0.05, 0) is 60.9 Å². The lowest BCUT2D eigenvalue weighted by Gasteiger charge is -2.26. The summed E-state index contributed by atoms with van der Waals surface area (Å²) in [5, 5.41) is 12.2. The van der Waals surface area contributed by atoms with E-state index in [1.165, 1.54) is 11.8 Å². The number of ketones is 1. The van der Waals surface area contributed by atoms with Gasteiger partial charge in [-0.25, -0.2) is 0 Å². The fourth-order valence-corrected chi connectivity index (χ4v) is 4.62.